The van der Waals surface area contributed by atoms with E-state index in [1.807, 2.05) is 24.3 Å². The van der Waals surface area contributed by atoms with Crippen molar-refractivity contribution in [3.63, 3.8) is 0 Å². The molecule has 0 fully saturated rings. The van der Waals surface area contributed by atoms with Gasteiger partial charge in [0, 0.05) is 18.0 Å². The van der Waals surface area contributed by atoms with Crippen molar-refractivity contribution in [3.8, 4) is 23.1 Å². The lowest BCUT2D eigenvalue weighted by atomic mass is 10.1. The number of benzene rings is 2. The molecule has 2 N–H and O–H groups in total. The fourth-order valence-corrected chi connectivity index (χ4v) is 2.12. The summed E-state index contributed by atoms with van der Waals surface area (Å²) in [5, 5.41) is 8.77. The third-order valence-corrected chi connectivity index (χ3v) is 3.34. The van der Waals surface area contributed by atoms with Crippen molar-refractivity contribution < 1.29 is 4.74 Å². The Bertz CT molecular complexity index is 836. The first kappa shape index (κ1) is 14.5. The molecule has 0 atom stereocenters. The predicted molar refractivity (Wildman–Crippen MR) is 87.4 cm³/mol. The van der Waals surface area contributed by atoms with E-state index in [-0.39, 0.29) is 0 Å². The molecule has 0 aliphatic rings. The van der Waals surface area contributed by atoms with Crippen LogP contribution in [0.15, 0.2) is 60.9 Å². The maximum Gasteiger partial charge on any atom is 0.149 e. The van der Waals surface area contributed by atoms with Crippen molar-refractivity contribution in [1.29, 1.82) is 5.26 Å². The minimum atomic E-state index is 0.411. The predicted octanol–water partition coefficient (Wildman–Crippen LogP) is 3.18. The van der Waals surface area contributed by atoms with E-state index in [4.69, 9.17) is 15.7 Å². The van der Waals surface area contributed by atoms with Crippen LogP contribution in [0.4, 0.5) is 5.82 Å². The highest BCUT2D eigenvalue weighted by Gasteiger charge is 2.05. The van der Waals surface area contributed by atoms with E-state index < -0.39 is 0 Å². The number of nitriles is 1. The average molecular weight is 302 g/mol. The SMILES string of the molecule is N#Cc1ccc(OCc2ccc(-c3nccnc3N)cc2)cc1. The maximum atomic E-state index is 8.77. The van der Waals surface area contributed by atoms with E-state index in [1.165, 1.54) is 0 Å². The van der Waals surface area contributed by atoms with Gasteiger partial charge < -0.3 is 10.5 Å². The molecule has 1 heterocycles. The zero-order valence-corrected chi connectivity index (χ0v) is 12.3. The molecule has 0 bridgehead atoms. The van der Waals surface area contributed by atoms with Crippen LogP contribution in [0, 0.1) is 11.3 Å². The highest BCUT2D eigenvalue weighted by molar-refractivity contribution is 5.69. The molecule has 3 aromatic rings. The Labute approximate surface area is 134 Å². The highest BCUT2D eigenvalue weighted by Crippen LogP contribution is 2.22. The van der Waals surface area contributed by atoms with E-state index in [0.29, 0.717) is 23.7 Å². The summed E-state index contributed by atoms with van der Waals surface area (Å²) < 4.78 is 5.70. The van der Waals surface area contributed by atoms with Gasteiger partial charge >= 0.3 is 0 Å². The molecule has 0 saturated heterocycles. The van der Waals surface area contributed by atoms with Crippen LogP contribution in [0.5, 0.6) is 5.75 Å². The summed E-state index contributed by atoms with van der Waals surface area (Å²) >= 11 is 0. The first-order chi connectivity index (χ1) is 11.3. The molecule has 0 unspecified atom stereocenters. The van der Waals surface area contributed by atoms with Crippen molar-refractivity contribution in [3.05, 3.63) is 72.1 Å². The number of hydrogen-bond donors (Lipinski definition) is 1. The van der Waals surface area contributed by atoms with Gasteiger partial charge in [0.1, 0.15) is 23.9 Å². The first-order valence-corrected chi connectivity index (χ1v) is 7.05. The molecule has 23 heavy (non-hydrogen) atoms. The summed E-state index contributed by atoms with van der Waals surface area (Å²) in [4.78, 5) is 8.28. The lowest BCUT2D eigenvalue weighted by Gasteiger charge is -2.08. The monoisotopic (exact) mass is 302 g/mol. The topological polar surface area (TPSA) is 84.8 Å². The van der Waals surface area contributed by atoms with E-state index in [1.54, 1.807) is 36.7 Å². The normalized spacial score (nSPS) is 10.0. The van der Waals surface area contributed by atoms with Crippen LogP contribution >= 0.6 is 0 Å². The quantitative estimate of drug-likeness (QED) is 0.800. The van der Waals surface area contributed by atoms with Gasteiger partial charge in [-0.25, -0.2) is 4.98 Å². The molecule has 0 saturated carbocycles. The Morgan fingerprint density at radius 1 is 0.957 bits per heavy atom. The molecule has 0 aliphatic heterocycles. The van der Waals surface area contributed by atoms with Gasteiger partial charge in [-0.15, -0.1) is 0 Å². The van der Waals surface area contributed by atoms with Gasteiger partial charge in [-0.05, 0) is 29.8 Å². The van der Waals surface area contributed by atoms with Gasteiger partial charge in [-0.1, -0.05) is 24.3 Å². The number of rotatable bonds is 4. The lowest BCUT2D eigenvalue weighted by molar-refractivity contribution is 0.306. The number of nitrogens with zero attached hydrogens (tertiary/aromatic N) is 3. The highest BCUT2D eigenvalue weighted by atomic mass is 16.5. The van der Waals surface area contributed by atoms with Crippen molar-refractivity contribution in [2.45, 2.75) is 6.61 Å². The molecule has 5 heteroatoms. The standard InChI is InChI=1S/C18H14N4O/c19-11-13-3-7-16(8-4-13)23-12-14-1-5-15(6-2-14)17-18(20)22-10-9-21-17/h1-10H,12H2,(H2,20,22). The van der Waals surface area contributed by atoms with Gasteiger partial charge in [0.25, 0.3) is 0 Å². The molecular weight excluding hydrogens is 288 g/mol. The van der Waals surface area contributed by atoms with Crippen LogP contribution in [0.1, 0.15) is 11.1 Å². The van der Waals surface area contributed by atoms with Crippen molar-refractivity contribution in [2.24, 2.45) is 0 Å². The van der Waals surface area contributed by atoms with Gasteiger partial charge in [0.15, 0.2) is 0 Å². The van der Waals surface area contributed by atoms with E-state index in [9.17, 15) is 0 Å². The summed E-state index contributed by atoms with van der Waals surface area (Å²) in [5.41, 5.74) is 9.06. The van der Waals surface area contributed by atoms with Gasteiger partial charge in [0.05, 0.1) is 11.6 Å². The zero-order chi connectivity index (χ0) is 16.1. The molecule has 3 rings (SSSR count). The zero-order valence-electron chi connectivity index (χ0n) is 12.3. The summed E-state index contributed by atoms with van der Waals surface area (Å²) in [5.74, 6) is 1.14. The fourth-order valence-electron chi connectivity index (χ4n) is 2.12. The van der Waals surface area contributed by atoms with Crippen LogP contribution in [0.3, 0.4) is 0 Å². The molecule has 0 radical (unpaired) electrons. The molecule has 112 valence electrons. The van der Waals surface area contributed by atoms with Crippen LogP contribution in [-0.2, 0) is 6.61 Å². The van der Waals surface area contributed by atoms with Crippen molar-refractivity contribution >= 4 is 5.82 Å². The van der Waals surface area contributed by atoms with E-state index in [0.717, 1.165) is 16.9 Å². The first-order valence-electron chi connectivity index (χ1n) is 7.05. The molecule has 0 spiro atoms. The number of aromatic nitrogens is 2. The molecule has 0 aliphatic carbocycles. The van der Waals surface area contributed by atoms with Gasteiger partial charge in [0.2, 0.25) is 0 Å². The Morgan fingerprint density at radius 3 is 2.30 bits per heavy atom. The molecule has 1 aromatic heterocycles. The Balaban J connectivity index is 1.68. The van der Waals surface area contributed by atoms with Crippen LogP contribution in [0.2, 0.25) is 0 Å². The van der Waals surface area contributed by atoms with Gasteiger partial charge in [-0.3, -0.25) is 4.98 Å². The van der Waals surface area contributed by atoms with E-state index >= 15 is 0 Å². The third-order valence-electron chi connectivity index (χ3n) is 3.34. The van der Waals surface area contributed by atoms with Crippen molar-refractivity contribution in [2.75, 3.05) is 5.73 Å². The molecule has 0 amide bonds. The number of hydrogen-bond acceptors (Lipinski definition) is 5. The molecular formula is C18H14N4O. The minimum Gasteiger partial charge on any atom is -0.489 e. The van der Waals surface area contributed by atoms with Gasteiger partial charge in [-0.2, -0.15) is 5.26 Å². The number of anilines is 1. The van der Waals surface area contributed by atoms with Crippen LogP contribution in [0.25, 0.3) is 11.3 Å². The molecule has 2 aromatic carbocycles. The van der Waals surface area contributed by atoms with Crippen molar-refractivity contribution in [1.82, 2.24) is 9.97 Å². The number of nitrogens with two attached hydrogens (primary N) is 1. The summed E-state index contributed by atoms with van der Waals surface area (Å²) in [6.45, 7) is 0.447. The Kier molecular flexibility index (Phi) is 4.16. The second kappa shape index (κ2) is 6.58. The third kappa shape index (κ3) is 3.44. The summed E-state index contributed by atoms with van der Waals surface area (Å²) in [6.07, 6.45) is 3.19. The number of nitrogen functional groups attached to an aromatic ring is 1. The minimum absolute atomic E-state index is 0.411. The Hall–Kier alpha value is -3.39. The smallest absolute Gasteiger partial charge is 0.149 e. The molecule has 5 nitrogen and oxygen atoms in total. The second-order valence-corrected chi connectivity index (χ2v) is 4.91. The lowest BCUT2D eigenvalue weighted by Crippen LogP contribution is -1.97. The Morgan fingerprint density at radius 2 is 1.65 bits per heavy atom. The second-order valence-electron chi connectivity index (χ2n) is 4.91. The average Bonchev–Trinajstić information content (AvgIpc) is 2.61. The van der Waals surface area contributed by atoms with Crippen LogP contribution in [-0.4, -0.2) is 9.97 Å². The maximum absolute atomic E-state index is 8.77. The fraction of sp³-hybridized carbons (Fsp3) is 0.0556. The largest absolute Gasteiger partial charge is 0.489 e. The summed E-state index contributed by atoms with van der Waals surface area (Å²) in [6, 6.07) is 16.9. The number of ether oxygens (including phenoxy) is 1. The summed E-state index contributed by atoms with van der Waals surface area (Å²) in [7, 11) is 0. The van der Waals surface area contributed by atoms with E-state index in [2.05, 4.69) is 16.0 Å². The van der Waals surface area contributed by atoms with Crippen LogP contribution < -0.4 is 10.5 Å².